The van der Waals surface area contributed by atoms with Gasteiger partial charge in [-0.2, -0.15) is 0 Å². The fourth-order valence-corrected chi connectivity index (χ4v) is 4.19. The standard InChI is InChI=1S/C17H16FNO6S/c1-2-19(12-5-3-4-11(18)8-12)26(22,23)13-9-14(17(20)21)16-15(10-13)24-6-7-25-16/h3-5,8-10H,2,6-7H2,1H3,(H,20,21). The van der Waals surface area contributed by atoms with Gasteiger partial charge in [0, 0.05) is 12.6 Å². The van der Waals surface area contributed by atoms with E-state index in [-0.39, 0.29) is 47.4 Å². The Morgan fingerprint density at radius 2 is 1.96 bits per heavy atom. The number of hydrogen-bond donors (Lipinski definition) is 1. The van der Waals surface area contributed by atoms with Gasteiger partial charge in [0.25, 0.3) is 10.0 Å². The lowest BCUT2D eigenvalue weighted by molar-refractivity contribution is 0.0685. The molecule has 2 aromatic rings. The van der Waals surface area contributed by atoms with Gasteiger partial charge >= 0.3 is 5.97 Å². The van der Waals surface area contributed by atoms with E-state index in [9.17, 15) is 22.7 Å². The monoisotopic (exact) mass is 381 g/mol. The quantitative estimate of drug-likeness (QED) is 0.855. The predicted octanol–water partition coefficient (Wildman–Crippen LogP) is 2.51. The molecule has 0 fully saturated rings. The molecule has 0 unspecified atom stereocenters. The molecule has 0 amide bonds. The number of anilines is 1. The second-order valence-electron chi connectivity index (χ2n) is 5.45. The smallest absolute Gasteiger partial charge is 0.339 e. The highest BCUT2D eigenvalue weighted by molar-refractivity contribution is 7.92. The fourth-order valence-electron chi connectivity index (χ4n) is 2.69. The molecule has 0 spiro atoms. The number of hydrogen-bond acceptors (Lipinski definition) is 5. The largest absolute Gasteiger partial charge is 0.486 e. The first-order chi connectivity index (χ1) is 12.3. The molecule has 9 heteroatoms. The molecule has 0 atom stereocenters. The Balaban J connectivity index is 2.14. The SMILES string of the molecule is CCN(c1cccc(F)c1)S(=O)(=O)c1cc2c(c(C(=O)O)c1)OCCO2. The predicted molar refractivity (Wildman–Crippen MR) is 91.0 cm³/mol. The van der Waals surface area contributed by atoms with Crippen LogP contribution in [-0.4, -0.2) is 39.3 Å². The number of benzene rings is 2. The van der Waals surface area contributed by atoms with Crippen molar-refractivity contribution < 1.29 is 32.2 Å². The van der Waals surface area contributed by atoms with E-state index in [4.69, 9.17) is 9.47 Å². The second-order valence-corrected chi connectivity index (χ2v) is 7.31. The molecule has 26 heavy (non-hydrogen) atoms. The number of ether oxygens (including phenoxy) is 2. The molecule has 1 aliphatic heterocycles. The summed E-state index contributed by atoms with van der Waals surface area (Å²) in [6.07, 6.45) is 0. The van der Waals surface area contributed by atoms with Crippen LogP contribution in [0.1, 0.15) is 17.3 Å². The van der Waals surface area contributed by atoms with E-state index in [0.29, 0.717) is 0 Å². The van der Waals surface area contributed by atoms with Crippen LogP contribution >= 0.6 is 0 Å². The molecule has 7 nitrogen and oxygen atoms in total. The van der Waals surface area contributed by atoms with E-state index in [1.807, 2.05) is 0 Å². The first-order valence-corrected chi connectivity index (χ1v) is 9.24. The third-order valence-electron chi connectivity index (χ3n) is 3.82. The van der Waals surface area contributed by atoms with Crippen molar-refractivity contribution in [2.75, 3.05) is 24.1 Å². The minimum absolute atomic E-state index is 0.00324. The van der Waals surface area contributed by atoms with Crippen LogP contribution in [0.3, 0.4) is 0 Å². The Labute approximate surface area is 149 Å². The number of sulfonamides is 1. The number of fused-ring (bicyclic) bond motifs is 1. The average Bonchev–Trinajstić information content (AvgIpc) is 2.61. The minimum atomic E-state index is -4.14. The molecular weight excluding hydrogens is 365 g/mol. The summed E-state index contributed by atoms with van der Waals surface area (Å²) in [5.41, 5.74) is -0.171. The Kier molecular flexibility index (Phi) is 4.73. The van der Waals surface area contributed by atoms with Gasteiger partial charge in [0.15, 0.2) is 11.5 Å². The van der Waals surface area contributed by atoms with E-state index < -0.39 is 21.8 Å². The summed E-state index contributed by atoms with van der Waals surface area (Å²) in [6, 6.07) is 7.40. The Hall–Kier alpha value is -2.81. The topological polar surface area (TPSA) is 93.1 Å². The summed E-state index contributed by atoms with van der Waals surface area (Å²) in [5.74, 6) is -1.87. The number of rotatable bonds is 5. The fraction of sp³-hybridized carbons (Fsp3) is 0.235. The van der Waals surface area contributed by atoms with Crippen molar-refractivity contribution in [2.24, 2.45) is 0 Å². The maximum absolute atomic E-state index is 13.5. The van der Waals surface area contributed by atoms with E-state index in [1.165, 1.54) is 24.3 Å². The molecule has 0 bridgehead atoms. The number of nitrogens with zero attached hydrogens (tertiary/aromatic N) is 1. The maximum Gasteiger partial charge on any atom is 0.339 e. The molecule has 1 heterocycles. The molecule has 138 valence electrons. The van der Waals surface area contributed by atoms with Gasteiger partial charge in [-0.15, -0.1) is 0 Å². The molecule has 3 rings (SSSR count). The normalized spacial score (nSPS) is 13.3. The highest BCUT2D eigenvalue weighted by Gasteiger charge is 2.30. The molecular formula is C17H16FNO6S. The molecule has 0 saturated carbocycles. The van der Waals surface area contributed by atoms with Crippen molar-refractivity contribution in [1.29, 1.82) is 0 Å². The van der Waals surface area contributed by atoms with E-state index in [0.717, 1.165) is 16.4 Å². The summed E-state index contributed by atoms with van der Waals surface area (Å²) >= 11 is 0. The van der Waals surface area contributed by atoms with Gasteiger partial charge in [-0.1, -0.05) is 6.07 Å². The van der Waals surface area contributed by atoms with Crippen molar-refractivity contribution in [1.82, 2.24) is 0 Å². The molecule has 1 aliphatic rings. The molecule has 0 aromatic heterocycles. The van der Waals surface area contributed by atoms with Crippen molar-refractivity contribution in [3.63, 3.8) is 0 Å². The van der Waals surface area contributed by atoms with Crippen LogP contribution in [0, 0.1) is 5.82 Å². The van der Waals surface area contributed by atoms with E-state index >= 15 is 0 Å². The lowest BCUT2D eigenvalue weighted by Crippen LogP contribution is -2.31. The number of aromatic carboxylic acids is 1. The van der Waals surface area contributed by atoms with Gasteiger partial charge in [-0.05, 0) is 31.2 Å². The summed E-state index contributed by atoms with van der Waals surface area (Å²) in [4.78, 5) is 11.2. The van der Waals surface area contributed by atoms with Crippen LogP contribution in [0.4, 0.5) is 10.1 Å². The zero-order valence-corrected chi connectivity index (χ0v) is 14.6. The minimum Gasteiger partial charge on any atom is -0.486 e. The van der Waals surface area contributed by atoms with Gasteiger partial charge in [0.1, 0.15) is 24.6 Å². The number of halogens is 1. The molecule has 1 N–H and O–H groups in total. The Morgan fingerprint density at radius 1 is 1.23 bits per heavy atom. The second kappa shape index (κ2) is 6.83. The summed E-state index contributed by atoms with van der Waals surface area (Å²) in [6.45, 7) is 1.97. The van der Waals surface area contributed by atoms with Gasteiger partial charge in [-0.3, -0.25) is 4.31 Å². The molecule has 0 radical (unpaired) electrons. The molecule has 0 aliphatic carbocycles. The van der Waals surface area contributed by atoms with Gasteiger partial charge in [0.05, 0.1) is 10.6 Å². The van der Waals surface area contributed by atoms with Gasteiger partial charge < -0.3 is 14.6 Å². The Morgan fingerprint density at radius 3 is 2.62 bits per heavy atom. The number of carboxylic acids is 1. The van der Waals surface area contributed by atoms with Crippen LogP contribution in [0.25, 0.3) is 0 Å². The van der Waals surface area contributed by atoms with Gasteiger partial charge in [-0.25, -0.2) is 17.6 Å². The highest BCUT2D eigenvalue weighted by atomic mass is 32.2. The first-order valence-electron chi connectivity index (χ1n) is 7.80. The number of carbonyl (C=O) groups is 1. The zero-order chi connectivity index (χ0) is 18.9. The summed E-state index contributed by atoms with van der Waals surface area (Å²) in [5, 5.41) is 9.39. The van der Waals surface area contributed by atoms with Crippen LogP contribution < -0.4 is 13.8 Å². The molecule has 2 aromatic carbocycles. The van der Waals surface area contributed by atoms with Crippen LogP contribution in [0.5, 0.6) is 11.5 Å². The van der Waals surface area contributed by atoms with Crippen molar-refractivity contribution in [3.8, 4) is 11.5 Å². The van der Waals surface area contributed by atoms with E-state index in [2.05, 4.69) is 0 Å². The van der Waals surface area contributed by atoms with Crippen LogP contribution in [0.2, 0.25) is 0 Å². The number of carboxylic acid groups (broad SMARTS) is 1. The van der Waals surface area contributed by atoms with Crippen molar-refractivity contribution in [3.05, 3.63) is 47.8 Å². The lowest BCUT2D eigenvalue weighted by atomic mass is 10.2. The highest BCUT2D eigenvalue weighted by Crippen LogP contribution is 2.38. The summed E-state index contributed by atoms with van der Waals surface area (Å²) < 4.78 is 51.3. The van der Waals surface area contributed by atoms with Crippen molar-refractivity contribution >= 4 is 21.7 Å². The van der Waals surface area contributed by atoms with Gasteiger partial charge in [0.2, 0.25) is 0 Å². The third-order valence-corrected chi connectivity index (χ3v) is 5.70. The maximum atomic E-state index is 13.5. The van der Waals surface area contributed by atoms with Crippen LogP contribution in [-0.2, 0) is 10.0 Å². The first kappa shape index (κ1) is 18.0. The summed E-state index contributed by atoms with van der Waals surface area (Å²) in [7, 11) is -4.14. The van der Waals surface area contributed by atoms with Crippen molar-refractivity contribution in [2.45, 2.75) is 11.8 Å². The third kappa shape index (κ3) is 3.17. The van der Waals surface area contributed by atoms with E-state index in [1.54, 1.807) is 6.92 Å². The zero-order valence-electron chi connectivity index (χ0n) is 13.8. The lowest BCUT2D eigenvalue weighted by Gasteiger charge is -2.25. The van der Waals surface area contributed by atoms with Crippen LogP contribution in [0.15, 0.2) is 41.3 Å². The average molecular weight is 381 g/mol. The molecule has 0 saturated heterocycles. The Bertz CT molecular complexity index is 960.